The first-order valence-electron chi connectivity index (χ1n) is 10.5. The van der Waals surface area contributed by atoms with Crippen LogP contribution >= 0.6 is 11.3 Å². The fraction of sp³-hybridized carbons (Fsp3) is 0.261. The maximum atomic E-state index is 10.6. The van der Waals surface area contributed by atoms with E-state index >= 15 is 0 Å². The lowest BCUT2D eigenvalue weighted by Gasteiger charge is -2.05. The van der Waals surface area contributed by atoms with Gasteiger partial charge in [-0.15, -0.1) is 11.3 Å². The van der Waals surface area contributed by atoms with Gasteiger partial charge in [0.15, 0.2) is 0 Å². The zero-order valence-corrected chi connectivity index (χ0v) is 19.5. The van der Waals surface area contributed by atoms with E-state index < -0.39 is 6.10 Å². The number of likely N-dealkylation sites (N-methyl/N-ethyl adjacent to an activating group) is 1. The highest BCUT2D eigenvalue weighted by atomic mass is 32.1. The van der Waals surface area contributed by atoms with Gasteiger partial charge in [0.1, 0.15) is 22.6 Å². The van der Waals surface area contributed by atoms with E-state index in [0.29, 0.717) is 18.9 Å². The molecule has 170 valence electrons. The molecular weight excluding hydrogens is 438 g/mol. The van der Waals surface area contributed by atoms with Crippen molar-refractivity contribution in [3.63, 3.8) is 0 Å². The number of nitrogens with one attached hydrogen (secondary N) is 1. The average molecular weight is 464 g/mol. The number of anilines is 2. The van der Waals surface area contributed by atoms with Crippen LogP contribution in [0.25, 0.3) is 22.0 Å². The molecule has 0 aliphatic carbocycles. The van der Waals surface area contributed by atoms with Crippen LogP contribution in [-0.2, 0) is 11.8 Å². The largest absolute Gasteiger partial charge is 0.383 e. The predicted octanol–water partition coefficient (Wildman–Crippen LogP) is 3.26. The van der Waals surface area contributed by atoms with E-state index in [9.17, 15) is 4.79 Å². The summed E-state index contributed by atoms with van der Waals surface area (Å²) in [6.07, 6.45) is 1.60. The minimum atomic E-state index is -0.722. The van der Waals surface area contributed by atoms with E-state index in [4.69, 9.17) is 10.1 Å². The maximum absolute atomic E-state index is 10.6. The van der Waals surface area contributed by atoms with Gasteiger partial charge < -0.3 is 15.3 Å². The minimum Gasteiger partial charge on any atom is -0.383 e. The molecule has 4 aromatic rings. The zero-order chi connectivity index (χ0) is 23.4. The number of aromatic nitrogens is 5. The Morgan fingerprint density at radius 1 is 1.12 bits per heavy atom. The highest BCUT2D eigenvalue weighted by Gasteiger charge is 2.26. The Hall–Kier alpha value is -3.63. The van der Waals surface area contributed by atoms with Crippen LogP contribution in [0.15, 0.2) is 54.0 Å². The summed E-state index contributed by atoms with van der Waals surface area (Å²) < 4.78 is 1.77. The summed E-state index contributed by atoms with van der Waals surface area (Å²) in [6, 6.07) is 13.9. The second kappa shape index (κ2) is 9.88. The average Bonchev–Trinajstić information content (AvgIpc) is 3.51. The molecule has 1 fully saturated rings. The van der Waals surface area contributed by atoms with Crippen molar-refractivity contribution in [3.8, 4) is 22.0 Å². The molecule has 9 nitrogen and oxygen atoms in total. The van der Waals surface area contributed by atoms with Crippen LogP contribution in [-0.4, -0.2) is 60.3 Å². The lowest BCUT2D eigenvalue weighted by atomic mass is 10.2. The van der Waals surface area contributed by atoms with Gasteiger partial charge in [0.25, 0.3) is 5.91 Å². The number of likely N-dealkylation sites (tertiary alicyclic amines) is 1. The van der Waals surface area contributed by atoms with Crippen molar-refractivity contribution >= 4 is 29.0 Å². The van der Waals surface area contributed by atoms with Crippen LogP contribution in [0.5, 0.6) is 0 Å². The molecule has 4 heterocycles. The molecule has 1 aliphatic rings. The second-order valence-electron chi connectivity index (χ2n) is 7.65. The Morgan fingerprint density at radius 3 is 2.52 bits per heavy atom. The first-order valence-corrected chi connectivity index (χ1v) is 11.3. The molecule has 10 heteroatoms. The van der Waals surface area contributed by atoms with Gasteiger partial charge in [-0.25, -0.2) is 15.0 Å². The van der Waals surface area contributed by atoms with Gasteiger partial charge in [0, 0.05) is 43.8 Å². The molecule has 0 bridgehead atoms. The van der Waals surface area contributed by atoms with E-state index in [-0.39, 0.29) is 5.91 Å². The molecule has 1 unspecified atom stereocenters. The van der Waals surface area contributed by atoms with E-state index in [0.717, 1.165) is 33.5 Å². The van der Waals surface area contributed by atoms with Crippen molar-refractivity contribution in [3.05, 3.63) is 59.7 Å². The third kappa shape index (κ3) is 5.41. The van der Waals surface area contributed by atoms with Gasteiger partial charge in [0.05, 0.1) is 11.4 Å². The molecule has 0 spiro atoms. The molecule has 0 radical (unpaired) electrons. The van der Waals surface area contributed by atoms with Crippen molar-refractivity contribution < 1.29 is 9.90 Å². The zero-order valence-electron chi connectivity index (χ0n) is 18.6. The molecule has 1 atom stereocenters. The van der Waals surface area contributed by atoms with Crippen LogP contribution in [0.4, 0.5) is 11.8 Å². The molecular formula is C23H25N7O2S. The van der Waals surface area contributed by atoms with Crippen molar-refractivity contribution in [2.75, 3.05) is 18.9 Å². The van der Waals surface area contributed by atoms with E-state index in [1.807, 2.05) is 49.7 Å². The maximum Gasteiger partial charge on any atom is 0.251 e. The van der Waals surface area contributed by atoms with E-state index in [1.165, 1.54) is 4.90 Å². The number of aliphatic hydroxyl groups is 1. The number of aryl methyl sites for hydroxylation is 2. The van der Waals surface area contributed by atoms with Crippen LogP contribution in [0.3, 0.4) is 0 Å². The second-order valence-corrected chi connectivity index (χ2v) is 8.51. The highest BCUT2D eigenvalue weighted by Crippen LogP contribution is 2.28. The van der Waals surface area contributed by atoms with Gasteiger partial charge in [-0.05, 0) is 19.4 Å². The van der Waals surface area contributed by atoms with Crippen LogP contribution in [0.2, 0.25) is 0 Å². The molecule has 33 heavy (non-hydrogen) atoms. The summed E-state index contributed by atoms with van der Waals surface area (Å²) in [7, 11) is 3.57. The van der Waals surface area contributed by atoms with Crippen LogP contribution in [0, 0.1) is 6.92 Å². The number of aliphatic hydroxyl groups excluding tert-OH is 1. The highest BCUT2D eigenvalue weighted by molar-refractivity contribution is 7.13. The summed E-state index contributed by atoms with van der Waals surface area (Å²) in [5, 5.41) is 19.2. The molecule has 1 amide bonds. The van der Waals surface area contributed by atoms with E-state index in [2.05, 4.69) is 32.5 Å². The van der Waals surface area contributed by atoms with E-state index in [1.54, 1.807) is 29.3 Å². The molecule has 3 aromatic heterocycles. The molecule has 2 N–H and O–H groups in total. The number of benzene rings is 1. The van der Waals surface area contributed by atoms with Crippen molar-refractivity contribution in [1.82, 2.24) is 29.6 Å². The standard InChI is InChI=1S/C18H16N6S.C5H9NO2/c1-12-10-16(24(2)23-12)22-18-19-9-8-14(21-18)17-20-15(11-25-17)13-6-4-3-5-7-13;1-6-3-2-4(7)5(6)8/h3-11H,1-2H3,(H,19,21,22);4,7H,2-3H2,1H3. The number of hydrogen-bond acceptors (Lipinski definition) is 8. The molecule has 1 aliphatic heterocycles. The number of amides is 1. The fourth-order valence-electron chi connectivity index (χ4n) is 3.32. The fourth-order valence-corrected chi connectivity index (χ4v) is 4.11. The van der Waals surface area contributed by atoms with Gasteiger partial charge in [-0.2, -0.15) is 5.10 Å². The number of rotatable bonds is 4. The number of hydrogen-bond donors (Lipinski definition) is 2. The SMILES string of the molecule is CN1CCC(O)C1=O.Cc1cc(Nc2nccc(-c3nc(-c4ccccc4)cs3)n2)n(C)n1. The summed E-state index contributed by atoms with van der Waals surface area (Å²) in [5.74, 6) is 1.22. The van der Waals surface area contributed by atoms with Gasteiger partial charge in [-0.1, -0.05) is 30.3 Å². The van der Waals surface area contributed by atoms with Crippen LogP contribution in [0.1, 0.15) is 12.1 Å². The Balaban J connectivity index is 0.000000275. The number of thiazole rings is 1. The third-order valence-corrected chi connectivity index (χ3v) is 5.95. The lowest BCUT2D eigenvalue weighted by Crippen LogP contribution is -2.24. The quantitative estimate of drug-likeness (QED) is 0.478. The Bertz CT molecular complexity index is 1230. The number of carbonyl (C=O) groups is 1. The minimum absolute atomic E-state index is 0.148. The third-order valence-electron chi connectivity index (χ3n) is 5.09. The van der Waals surface area contributed by atoms with Crippen molar-refractivity contribution in [1.29, 1.82) is 0 Å². The predicted molar refractivity (Wildman–Crippen MR) is 128 cm³/mol. The smallest absolute Gasteiger partial charge is 0.251 e. The summed E-state index contributed by atoms with van der Waals surface area (Å²) in [4.78, 5) is 25.7. The lowest BCUT2D eigenvalue weighted by molar-refractivity contribution is -0.133. The number of nitrogens with zero attached hydrogens (tertiary/aromatic N) is 6. The van der Waals surface area contributed by atoms with Gasteiger partial charge >= 0.3 is 0 Å². The number of carbonyl (C=O) groups excluding carboxylic acids is 1. The van der Waals surface area contributed by atoms with Crippen molar-refractivity contribution in [2.24, 2.45) is 7.05 Å². The van der Waals surface area contributed by atoms with Gasteiger partial charge in [-0.3, -0.25) is 9.48 Å². The summed E-state index contributed by atoms with van der Waals surface area (Å²) >= 11 is 1.57. The van der Waals surface area contributed by atoms with Gasteiger partial charge in [0.2, 0.25) is 5.95 Å². The van der Waals surface area contributed by atoms with Crippen LogP contribution < -0.4 is 5.32 Å². The Labute approximate surface area is 195 Å². The first kappa shape index (κ1) is 22.6. The topological polar surface area (TPSA) is 109 Å². The molecule has 5 rings (SSSR count). The molecule has 1 aromatic carbocycles. The first-order chi connectivity index (χ1) is 15.9. The monoisotopic (exact) mass is 463 g/mol. The molecule has 1 saturated heterocycles. The van der Waals surface area contributed by atoms with Crippen molar-refractivity contribution in [2.45, 2.75) is 19.4 Å². The Morgan fingerprint density at radius 2 is 1.91 bits per heavy atom. The Kier molecular flexibility index (Phi) is 6.76. The molecule has 0 saturated carbocycles. The summed E-state index contributed by atoms with van der Waals surface area (Å²) in [5.41, 5.74) is 3.79. The normalized spacial score (nSPS) is 15.3. The summed E-state index contributed by atoms with van der Waals surface area (Å²) in [6.45, 7) is 2.64.